The van der Waals surface area contributed by atoms with Crippen molar-refractivity contribution in [1.29, 1.82) is 0 Å². The molecule has 0 spiro atoms. The minimum absolute atomic E-state index is 0.0881. The number of rotatable bonds is 6. The average Bonchev–Trinajstić information content (AvgIpc) is 3.24. The highest BCUT2D eigenvalue weighted by Crippen LogP contribution is 2.54. The molecule has 3 amide bonds. The number of fused-ring (bicyclic) bond motifs is 1. The minimum atomic E-state index is -0.725. The lowest BCUT2D eigenvalue weighted by atomic mass is 10.0. The van der Waals surface area contributed by atoms with E-state index in [0.29, 0.717) is 18.6 Å². The highest BCUT2D eigenvalue weighted by atomic mass is 32.2. The van der Waals surface area contributed by atoms with Crippen molar-refractivity contribution in [2.45, 2.75) is 23.8 Å². The molecule has 2 aliphatic heterocycles. The number of likely N-dealkylation sites (N-methyl/N-ethyl adjacent to an activating group) is 1. The van der Waals surface area contributed by atoms with Crippen LogP contribution in [-0.4, -0.2) is 60.6 Å². The Labute approximate surface area is 161 Å². The number of ether oxygens (including phenoxy) is 1. The van der Waals surface area contributed by atoms with E-state index in [1.165, 1.54) is 7.05 Å². The van der Waals surface area contributed by atoms with Gasteiger partial charge in [0, 0.05) is 19.2 Å². The number of hydrogen-bond donors (Lipinski definition) is 2. The third kappa shape index (κ3) is 3.78. The highest BCUT2D eigenvalue weighted by Gasteiger charge is 2.57. The van der Waals surface area contributed by atoms with E-state index in [4.69, 9.17) is 4.74 Å². The maximum atomic E-state index is 12.5. The summed E-state index contributed by atoms with van der Waals surface area (Å²) >= 11 is 1.56. The third-order valence-electron chi connectivity index (χ3n) is 4.69. The first-order valence-corrected chi connectivity index (χ1v) is 9.62. The molecule has 2 saturated heterocycles. The Balaban J connectivity index is 1.64. The molecule has 27 heavy (non-hydrogen) atoms. The first kappa shape index (κ1) is 19.2. The second-order valence-electron chi connectivity index (χ2n) is 6.30. The fourth-order valence-corrected chi connectivity index (χ4v) is 5.00. The van der Waals surface area contributed by atoms with E-state index in [0.717, 1.165) is 5.56 Å². The van der Waals surface area contributed by atoms with Gasteiger partial charge >= 0.3 is 5.97 Å². The number of nitrogens with one attached hydrogen (secondary N) is 2. The van der Waals surface area contributed by atoms with Gasteiger partial charge in [0.1, 0.15) is 10.9 Å². The van der Waals surface area contributed by atoms with Crippen molar-refractivity contribution in [2.24, 2.45) is 0 Å². The molecular weight excluding hydrogens is 370 g/mol. The lowest BCUT2D eigenvalue weighted by molar-refractivity contribution is -0.156. The van der Waals surface area contributed by atoms with Crippen LogP contribution in [0, 0.1) is 0 Å². The lowest BCUT2D eigenvalue weighted by Gasteiger charge is -2.33. The van der Waals surface area contributed by atoms with E-state index in [1.807, 2.05) is 30.3 Å². The number of thioether (sulfide) groups is 1. The van der Waals surface area contributed by atoms with Gasteiger partial charge in [-0.1, -0.05) is 30.3 Å². The SMILES string of the molecule is CNC(=O)CNC(=O)COC(=O)[C@@H]1CS[C@@]2(c3ccccc3)CCC(=O)N12. The molecule has 144 valence electrons. The van der Waals surface area contributed by atoms with Crippen LogP contribution >= 0.6 is 11.8 Å². The van der Waals surface area contributed by atoms with Crippen molar-refractivity contribution in [1.82, 2.24) is 15.5 Å². The summed E-state index contributed by atoms with van der Waals surface area (Å²) in [5.74, 6) is -1.20. The molecule has 2 N–H and O–H groups in total. The molecule has 1 aromatic rings. The van der Waals surface area contributed by atoms with Crippen LogP contribution in [0.2, 0.25) is 0 Å². The number of amides is 3. The van der Waals surface area contributed by atoms with Crippen LogP contribution in [0.25, 0.3) is 0 Å². The van der Waals surface area contributed by atoms with Crippen LogP contribution in [0.15, 0.2) is 30.3 Å². The second-order valence-corrected chi connectivity index (χ2v) is 7.60. The van der Waals surface area contributed by atoms with Crippen LogP contribution in [0.3, 0.4) is 0 Å². The van der Waals surface area contributed by atoms with Crippen molar-refractivity contribution in [2.75, 3.05) is 26.0 Å². The molecule has 1 aromatic carbocycles. The summed E-state index contributed by atoms with van der Waals surface area (Å²) in [4.78, 5) is 48.9. The molecule has 3 rings (SSSR count). The monoisotopic (exact) mass is 391 g/mol. The third-order valence-corrected chi connectivity index (χ3v) is 6.29. The first-order chi connectivity index (χ1) is 13.0. The van der Waals surface area contributed by atoms with Crippen LogP contribution in [0.1, 0.15) is 18.4 Å². The summed E-state index contributed by atoms with van der Waals surface area (Å²) in [6.45, 7) is -0.675. The lowest BCUT2D eigenvalue weighted by Crippen LogP contribution is -2.47. The van der Waals surface area contributed by atoms with Gasteiger partial charge in [-0.2, -0.15) is 0 Å². The number of esters is 1. The molecule has 2 fully saturated rings. The Morgan fingerprint density at radius 1 is 1.26 bits per heavy atom. The molecule has 8 nitrogen and oxygen atoms in total. The van der Waals surface area contributed by atoms with Gasteiger partial charge < -0.3 is 20.3 Å². The summed E-state index contributed by atoms with van der Waals surface area (Å²) in [6.07, 6.45) is 1.01. The Bertz CT molecular complexity index is 757. The van der Waals surface area contributed by atoms with Gasteiger partial charge in [-0.15, -0.1) is 11.8 Å². The number of nitrogens with zero attached hydrogens (tertiary/aromatic N) is 1. The quantitative estimate of drug-likeness (QED) is 0.661. The zero-order chi connectivity index (χ0) is 19.4. The maximum absolute atomic E-state index is 12.5. The van der Waals surface area contributed by atoms with Gasteiger partial charge in [0.05, 0.1) is 6.54 Å². The van der Waals surface area contributed by atoms with Gasteiger partial charge in [-0.3, -0.25) is 14.4 Å². The number of benzene rings is 1. The summed E-state index contributed by atoms with van der Waals surface area (Å²) in [7, 11) is 1.46. The van der Waals surface area contributed by atoms with E-state index in [-0.39, 0.29) is 18.4 Å². The Kier molecular flexibility index (Phi) is 5.69. The van der Waals surface area contributed by atoms with E-state index in [9.17, 15) is 19.2 Å². The molecule has 9 heteroatoms. The molecule has 2 heterocycles. The Morgan fingerprint density at radius 2 is 2.00 bits per heavy atom. The van der Waals surface area contributed by atoms with Crippen molar-refractivity contribution in [3.05, 3.63) is 35.9 Å². The van der Waals surface area contributed by atoms with Crippen molar-refractivity contribution < 1.29 is 23.9 Å². The maximum Gasteiger partial charge on any atom is 0.330 e. The highest BCUT2D eigenvalue weighted by molar-refractivity contribution is 8.00. The molecule has 0 saturated carbocycles. The molecule has 0 bridgehead atoms. The van der Waals surface area contributed by atoms with E-state index in [2.05, 4.69) is 10.6 Å². The molecule has 0 unspecified atom stereocenters. The summed E-state index contributed by atoms with van der Waals surface area (Å²) in [5.41, 5.74) is 0.986. The summed E-state index contributed by atoms with van der Waals surface area (Å²) < 4.78 is 5.10. The second kappa shape index (κ2) is 7.99. The first-order valence-electron chi connectivity index (χ1n) is 8.63. The Hall–Kier alpha value is -2.55. The van der Waals surface area contributed by atoms with E-state index in [1.54, 1.807) is 16.7 Å². The van der Waals surface area contributed by atoms with Gasteiger partial charge in [-0.05, 0) is 12.0 Å². The van der Waals surface area contributed by atoms with Crippen molar-refractivity contribution in [3.8, 4) is 0 Å². The van der Waals surface area contributed by atoms with Crippen LogP contribution in [-0.2, 0) is 28.8 Å². The molecule has 0 aliphatic carbocycles. The largest absolute Gasteiger partial charge is 0.454 e. The standard InChI is InChI=1S/C18H21N3O5S/c1-19-14(22)9-20-15(23)10-26-17(25)13-11-27-18(8-7-16(24)21(13)18)12-5-3-2-4-6-12/h2-6,13H,7-11H2,1H3,(H,19,22)(H,20,23)/t13-,18+/m0/s1. The number of carbonyl (C=O) groups excluding carboxylic acids is 4. The van der Waals surface area contributed by atoms with Crippen molar-refractivity contribution in [3.63, 3.8) is 0 Å². The number of hydrogen-bond acceptors (Lipinski definition) is 6. The van der Waals surface area contributed by atoms with Crippen LogP contribution < -0.4 is 10.6 Å². The Morgan fingerprint density at radius 3 is 2.70 bits per heavy atom. The van der Waals surface area contributed by atoms with Gasteiger partial charge in [0.2, 0.25) is 11.8 Å². The zero-order valence-corrected chi connectivity index (χ0v) is 15.7. The average molecular weight is 391 g/mol. The molecule has 0 radical (unpaired) electrons. The minimum Gasteiger partial charge on any atom is -0.454 e. The van der Waals surface area contributed by atoms with Crippen LogP contribution in [0.5, 0.6) is 0 Å². The zero-order valence-electron chi connectivity index (χ0n) is 14.9. The molecule has 2 aliphatic rings. The summed E-state index contributed by atoms with van der Waals surface area (Å²) in [5, 5.41) is 4.73. The smallest absolute Gasteiger partial charge is 0.330 e. The fourth-order valence-electron chi connectivity index (χ4n) is 3.37. The molecular formula is C18H21N3O5S. The molecule has 2 atom stereocenters. The predicted molar refractivity (Wildman–Crippen MR) is 98.5 cm³/mol. The number of carbonyl (C=O) groups is 4. The topological polar surface area (TPSA) is 105 Å². The van der Waals surface area contributed by atoms with E-state index < -0.39 is 29.4 Å². The summed E-state index contributed by atoms with van der Waals surface area (Å²) in [6, 6.07) is 8.92. The van der Waals surface area contributed by atoms with Gasteiger partial charge in [0.25, 0.3) is 5.91 Å². The van der Waals surface area contributed by atoms with Crippen LogP contribution in [0.4, 0.5) is 0 Å². The van der Waals surface area contributed by atoms with Gasteiger partial charge in [-0.25, -0.2) is 4.79 Å². The normalized spacial score (nSPS) is 23.7. The predicted octanol–water partition coefficient (Wildman–Crippen LogP) is -0.0174. The van der Waals surface area contributed by atoms with Crippen molar-refractivity contribution >= 4 is 35.5 Å². The fraction of sp³-hybridized carbons (Fsp3) is 0.444. The molecule has 0 aromatic heterocycles. The van der Waals surface area contributed by atoms with Gasteiger partial charge in [0.15, 0.2) is 6.61 Å². The van der Waals surface area contributed by atoms with E-state index >= 15 is 0 Å².